The van der Waals surface area contributed by atoms with Crippen LogP contribution in [0.3, 0.4) is 0 Å². The molecule has 0 fully saturated rings. The van der Waals surface area contributed by atoms with Gasteiger partial charge in [-0.05, 0) is 31.9 Å². The maximum atomic E-state index is 13.4. The van der Waals surface area contributed by atoms with Gasteiger partial charge in [-0.2, -0.15) is 0 Å². The largest absolute Gasteiger partial charge is 0.354 e. The molecule has 0 aliphatic carbocycles. The molecule has 0 bridgehead atoms. The maximum Gasteiger partial charge on any atom is 0.271 e. The number of carbonyl (C=O) groups is 2. The minimum atomic E-state index is -3.97. The highest BCUT2D eigenvalue weighted by Crippen LogP contribution is 2.24. The highest BCUT2D eigenvalue weighted by Gasteiger charge is 2.30. The first-order chi connectivity index (χ1) is 15.9. The van der Waals surface area contributed by atoms with E-state index in [1.807, 2.05) is 38.1 Å². The molecule has 1 unspecified atom stereocenters. The fourth-order valence-corrected chi connectivity index (χ4v) is 4.20. The predicted octanol–water partition coefficient (Wildman–Crippen LogP) is 2.61. The van der Waals surface area contributed by atoms with Gasteiger partial charge in [-0.25, -0.2) is 8.42 Å². The maximum absolute atomic E-state index is 13.4. The van der Waals surface area contributed by atoms with Crippen LogP contribution in [0.25, 0.3) is 0 Å². The third-order valence-electron chi connectivity index (χ3n) is 5.16. The van der Waals surface area contributed by atoms with Gasteiger partial charge in [0.05, 0.1) is 16.9 Å². The number of nitrogens with one attached hydrogen (secondary N) is 1. The minimum absolute atomic E-state index is 0.0105. The zero-order valence-corrected chi connectivity index (χ0v) is 20.5. The molecule has 184 valence electrons. The number of hydrogen-bond acceptors (Lipinski definition) is 6. The van der Waals surface area contributed by atoms with Crippen LogP contribution in [0.1, 0.15) is 31.4 Å². The van der Waals surface area contributed by atoms with Crippen molar-refractivity contribution in [3.8, 4) is 0 Å². The molecule has 2 aromatic rings. The van der Waals surface area contributed by atoms with Crippen molar-refractivity contribution < 1.29 is 22.9 Å². The Morgan fingerprint density at radius 2 is 1.82 bits per heavy atom. The van der Waals surface area contributed by atoms with Gasteiger partial charge in [0.25, 0.3) is 5.69 Å². The molecule has 10 nitrogen and oxygen atoms in total. The molecule has 2 rings (SSSR count). The molecule has 0 saturated heterocycles. The van der Waals surface area contributed by atoms with Crippen LogP contribution in [0.15, 0.2) is 48.5 Å². The van der Waals surface area contributed by atoms with Crippen molar-refractivity contribution in [2.45, 2.75) is 39.8 Å². The first kappa shape index (κ1) is 26.8. The number of rotatable bonds is 11. The summed E-state index contributed by atoms with van der Waals surface area (Å²) in [6.45, 7) is 5.31. The lowest BCUT2D eigenvalue weighted by Crippen LogP contribution is -2.51. The lowest BCUT2D eigenvalue weighted by Gasteiger charge is -2.31. The number of nitro groups is 1. The highest BCUT2D eigenvalue weighted by molar-refractivity contribution is 7.92. The summed E-state index contributed by atoms with van der Waals surface area (Å²) in [4.78, 5) is 37.9. The second-order valence-corrected chi connectivity index (χ2v) is 9.93. The van der Waals surface area contributed by atoms with E-state index in [-0.39, 0.29) is 23.8 Å². The average Bonchev–Trinajstić information content (AvgIpc) is 2.78. The number of anilines is 1. The van der Waals surface area contributed by atoms with E-state index in [4.69, 9.17) is 0 Å². The van der Waals surface area contributed by atoms with Crippen LogP contribution >= 0.6 is 0 Å². The average molecular weight is 491 g/mol. The van der Waals surface area contributed by atoms with Gasteiger partial charge in [0.1, 0.15) is 12.6 Å². The molecule has 2 aromatic carbocycles. The van der Waals surface area contributed by atoms with Crippen LogP contribution in [-0.4, -0.2) is 55.4 Å². The summed E-state index contributed by atoms with van der Waals surface area (Å²) in [6, 6.07) is 11.6. The Morgan fingerprint density at radius 3 is 2.41 bits per heavy atom. The van der Waals surface area contributed by atoms with Crippen LogP contribution in [0.2, 0.25) is 0 Å². The zero-order chi connectivity index (χ0) is 25.5. The molecular formula is C23H30N4O6S. The number of carbonyl (C=O) groups excluding carboxylic acids is 2. The fraction of sp³-hybridized carbons (Fsp3) is 0.391. The van der Waals surface area contributed by atoms with E-state index in [2.05, 4.69) is 5.32 Å². The van der Waals surface area contributed by atoms with Crippen molar-refractivity contribution in [1.82, 2.24) is 10.2 Å². The van der Waals surface area contributed by atoms with Gasteiger partial charge in [0.15, 0.2) is 0 Å². The molecule has 0 aliphatic rings. The van der Waals surface area contributed by atoms with Crippen LogP contribution in [0.5, 0.6) is 0 Å². The number of aryl methyl sites for hydroxylation is 1. The Hall–Kier alpha value is -3.47. The number of hydrogen-bond donors (Lipinski definition) is 1. The molecule has 0 saturated carbocycles. The van der Waals surface area contributed by atoms with Crippen molar-refractivity contribution in [2.75, 3.05) is 23.7 Å². The Bertz CT molecular complexity index is 1150. The third-order valence-corrected chi connectivity index (χ3v) is 6.30. The normalized spacial score (nSPS) is 12.0. The highest BCUT2D eigenvalue weighted by atomic mass is 32.2. The fourth-order valence-electron chi connectivity index (χ4n) is 3.36. The molecule has 11 heteroatoms. The lowest BCUT2D eigenvalue weighted by atomic mass is 10.1. The summed E-state index contributed by atoms with van der Waals surface area (Å²) in [5.41, 5.74) is 1.44. The summed E-state index contributed by atoms with van der Waals surface area (Å²) in [7, 11) is -3.97. The van der Waals surface area contributed by atoms with Crippen molar-refractivity contribution in [3.63, 3.8) is 0 Å². The molecule has 1 N–H and O–H groups in total. The Morgan fingerprint density at radius 1 is 1.15 bits per heavy atom. The van der Waals surface area contributed by atoms with Gasteiger partial charge in [-0.3, -0.25) is 24.0 Å². The minimum Gasteiger partial charge on any atom is -0.354 e. The summed E-state index contributed by atoms with van der Waals surface area (Å²) < 4.78 is 25.9. The number of sulfonamides is 1. The van der Waals surface area contributed by atoms with Crippen molar-refractivity contribution in [2.24, 2.45) is 0 Å². The van der Waals surface area contributed by atoms with Gasteiger partial charge in [0, 0.05) is 25.2 Å². The number of non-ortho nitro benzene ring substituents is 1. The number of nitro benzene ring substituents is 1. The van der Waals surface area contributed by atoms with Crippen LogP contribution in [0, 0.1) is 17.0 Å². The molecule has 0 heterocycles. The van der Waals surface area contributed by atoms with E-state index in [0.717, 1.165) is 34.2 Å². The summed E-state index contributed by atoms with van der Waals surface area (Å²) in [5, 5.41) is 13.9. The van der Waals surface area contributed by atoms with Gasteiger partial charge in [-0.1, -0.05) is 42.8 Å². The zero-order valence-electron chi connectivity index (χ0n) is 19.7. The molecule has 0 aromatic heterocycles. The van der Waals surface area contributed by atoms with E-state index >= 15 is 0 Å². The van der Waals surface area contributed by atoms with Crippen LogP contribution < -0.4 is 9.62 Å². The van der Waals surface area contributed by atoms with E-state index in [1.165, 1.54) is 23.1 Å². The van der Waals surface area contributed by atoms with Gasteiger partial charge in [-0.15, -0.1) is 0 Å². The Labute approximate surface area is 199 Å². The predicted molar refractivity (Wildman–Crippen MR) is 130 cm³/mol. The molecule has 0 aliphatic heterocycles. The molecule has 0 radical (unpaired) electrons. The Kier molecular flexibility index (Phi) is 9.13. The van der Waals surface area contributed by atoms with Crippen LogP contribution in [0.4, 0.5) is 11.4 Å². The molecular weight excluding hydrogens is 460 g/mol. The number of amides is 2. The van der Waals surface area contributed by atoms with Crippen molar-refractivity contribution in [3.05, 3.63) is 69.8 Å². The number of benzene rings is 2. The SMILES string of the molecule is CCCNC(=O)C(C)N(Cc1cccc(C)c1)C(=O)CN(c1cccc([N+](=O)[O-])c1)S(C)(=O)=O. The third kappa shape index (κ3) is 7.27. The molecule has 1 atom stereocenters. The van der Waals surface area contributed by atoms with E-state index < -0.39 is 33.4 Å². The van der Waals surface area contributed by atoms with E-state index in [9.17, 15) is 28.1 Å². The van der Waals surface area contributed by atoms with Gasteiger partial charge in [0.2, 0.25) is 21.8 Å². The standard InChI is InChI=1S/C23H30N4O6S/c1-5-12-24-23(29)18(3)25(15-19-9-6-8-17(2)13-19)22(28)16-26(34(4,32)33)20-10-7-11-21(14-20)27(30)31/h6-11,13-14,18H,5,12,15-16H2,1-4H3,(H,24,29). The van der Waals surface area contributed by atoms with Gasteiger partial charge >= 0.3 is 0 Å². The van der Waals surface area contributed by atoms with Crippen molar-refractivity contribution in [1.29, 1.82) is 0 Å². The summed E-state index contributed by atoms with van der Waals surface area (Å²) in [5.74, 6) is -0.971. The van der Waals surface area contributed by atoms with Crippen LogP contribution in [-0.2, 0) is 26.2 Å². The number of nitrogens with zero attached hydrogens (tertiary/aromatic N) is 3. The second-order valence-electron chi connectivity index (χ2n) is 8.02. The topological polar surface area (TPSA) is 130 Å². The Balaban J connectivity index is 2.41. The monoisotopic (exact) mass is 490 g/mol. The first-order valence-electron chi connectivity index (χ1n) is 10.8. The van der Waals surface area contributed by atoms with E-state index in [1.54, 1.807) is 6.92 Å². The molecule has 34 heavy (non-hydrogen) atoms. The summed E-state index contributed by atoms with van der Waals surface area (Å²) >= 11 is 0. The second kappa shape index (κ2) is 11.6. The quantitative estimate of drug-likeness (QED) is 0.381. The lowest BCUT2D eigenvalue weighted by molar-refractivity contribution is -0.384. The molecule has 0 spiro atoms. The van der Waals surface area contributed by atoms with Gasteiger partial charge < -0.3 is 10.2 Å². The first-order valence-corrected chi connectivity index (χ1v) is 12.6. The van der Waals surface area contributed by atoms with Crippen molar-refractivity contribution >= 4 is 33.2 Å². The smallest absolute Gasteiger partial charge is 0.271 e. The summed E-state index contributed by atoms with van der Waals surface area (Å²) in [6.07, 6.45) is 1.64. The molecule has 2 amide bonds. The van der Waals surface area contributed by atoms with E-state index in [0.29, 0.717) is 6.54 Å².